The van der Waals surface area contributed by atoms with Crippen LogP contribution in [0.1, 0.15) is 16.2 Å². The highest BCUT2D eigenvalue weighted by Gasteiger charge is 2.19. The van der Waals surface area contributed by atoms with Crippen LogP contribution in [0, 0.1) is 0 Å². The van der Waals surface area contributed by atoms with Crippen LogP contribution in [-0.2, 0) is 13.5 Å². The molecule has 0 atom stereocenters. The molecule has 0 saturated carbocycles. The monoisotopic (exact) mass is 377 g/mol. The molecule has 0 fully saturated rings. The number of para-hydroxylation sites is 1. The molecule has 6 nitrogen and oxygen atoms in total. The van der Waals surface area contributed by atoms with Crippen LogP contribution in [0.2, 0.25) is 0 Å². The maximum absolute atomic E-state index is 12.8. The molecule has 3 heterocycles. The molecule has 27 heavy (non-hydrogen) atoms. The van der Waals surface area contributed by atoms with Crippen molar-refractivity contribution < 1.29 is 4.79 Å². The Hall–Kier alpha value is -3.19. The quantitative estimate of drug-likeness (QED) is 0.561. The zero-order valence-electron chi connectivity index (χ0n) is 14.9. The average molecular weight is 377 g/mol. The molecule has 0 aliphatic heterocycles. The van der Waals surface area contributed by atoms with Crippen molar-refractivity contribution in [1.29, 1.82) is 0 Å². The third-order valence-corrected chi connectivity index (χ3v) is 5.17. The van der Waals surface area contributed by atoms with E-state index >= 15 is 0 Å². The van der Waals surface area contributed by atoms with E-state index in [2.05, 4.69) is 15.4 Å². The molecule has 3 aromatic heterocycles. The van der Waals surface area contributed by atoms with Crippen LogP contribution in [-0.4, -0.2) is 31.8 Å². The molecule has 0 radical (unpaired) electrons. The first-order valence-electron chi connectivity index (χ1n) is 8.66. The zero-order chi connectivity index (χ0) is 18.6. The van der Waals surface area contributed by atoms with E-state index in [1.807, 2.05) is 65.7 Å². The third-order valence-electron chi connectivity index (χ3n) is 4.29. The number of hydrogen-bond acceptors (Lipinski definition) is 4. The second-order valence-corrected chi connectivity index (χ2v) is 7.06. The predicted octanol–water partition coefficient (Wildman–Crippen LogP) is 3.31. The van der Waals surface area contributed by atoms with Gasteiger partial charge in [0, 0.05) is 38.6 Å². The standard InChI is InChI=1S/C20H19N5OS/c1-24-12-11-21-18(24)9-10-22-20(26)16-14-25(15-6-3-2-4-7-15)23-19(16)17-8-5-13-27-17/h2-8,11-14H,9-10H2,1H3,(H,22,26). The number of thiophene rings is 1. The highest BCUT2D eigenvalue weighted by Crippen LogP contribution is 2.27. The first-order valence-corrected chi connectivity index (χ1v) is 9.53. The minimum absolute atomic E-state index is 0.130. The smallest absolute Gasteiger partial charge is 0.255 e. The number of amides is 1. The largest absolute Gasteiger partial charge is 0.351 e. The highest BCUT2D eigenvalue weighted by atomic mass is 32.1. The summed E-state index contributed by atoms with van der Waals surface area (Å²) in [4.78, 5) is 18.1. The van der Waals surface area contributed by atoms with Crippen molar-refractivity contribution >= 4 is 17.2 Å². The number of imidazole rings is 1. The summed E-state index contributed by atoms with van der Waals surface area (Å²) in [6.07, 6.45) is 6.13. The molecule has 1 N–H and O–H groups in total. The highest BCUT2D eigenvalue weighted by molar-refractivity contribution is 7.13. The number of hydrogen-bond donors (Lipinski definition) is 1. The number of nitrogens with zero attached hydrogens (tertiary/aromatic N) is 4. The Labute approximate surface area is 161 Å². The summed E-state index contributed by atoms with van der Waals surface area (Å²) >= 11 is 1.57. The molecule has 4 rings (SSSR count). The SMILES string of the molecule is Cn1ccnc1CCNC(=O)c1cn(-c2ccccc2)nc1-c1cccs1. The zero-order valence-corrected chi connectivity index (χ0v) is 15.7. The number of aryl methyl sites for hydroxylation is 1. The van der Waals surface area contributed by atoms with Gasteiger partial charge in [-0.25, -0.2) is 9.67 Å². The maximum atomic E-state index is 12.8. The van der Waals surface area contributed by atoms with Crippen LogP contribution in [0.15, 0.2) is 66.4 Å². The van der Waals surface area contributed by atoms with Gasteiger partial charge in [0.1, 0.15) is 11.5 Å². The van der Waals surface area contributed by atoms with E-state index in [9.17, 15) is 4.79 Å². The molecular formula is C20H19N5OS. The van der Waals surface area contributed by atoms with Crippen LogP contribution >= 0.6 is 11.3 Å². The molecule has 136 valence electrons. The average Bonchev–Trinajstić information content (AvgIpc) is 3.43. The molecule has 0 spiro atoms. The van der Waals surface area contributed by atoms with E-state index in [-0.39, 0.29) is 5.91 Å². The lowest BCUT2D eigenvalue weighted by atomic mass is 10.2. The van der Waals surface area contributed by atoms with Crippen LogP contribution in [0.4, 0.5) is 0 Å². The number of rotatable bonds is 6. The van der Waals surface area contributed by atoms with E-state index in [1.165, 1.54) is 0 Å². The van der Waals surface area contributed by atoms with Gasteiger partial charge in [0.15, 0.2) is 0 Å². The molecule has 4 aromatic rings. The summed E-state index contributed by atoms with van der Waals surface area (Å²) in [5.74, 6) is 0.809. The van der Waals surface area contributed by atoms with E-state index < -0.39 is 0 Å². The fourth-order valence-corrected chi connectivity index (χ4v) is 3.59. The normalized spacial score (nSPS) is 10.9. The third kappa shape index (κ3) is 3.68. The Kier molecular flexibility index (Phi) is 4.84. The Morgan fingerprint density at radius 1 is 1.19 bits per heavy atom. The summed E-state index contributed by atoms with van der Waals surface area (Å²) in [5.41, 5.74) is 2.19. The molecule has 1 amide bonds. The summed E-state index contributed by atoms with van der Waals surface area (Å²) < 4.78 is 3.71. The van der Waals surface area contributed by atoms with E-state index in [1.54, 1.807) is 28.4 Å². The van der Waals surface area contributed by atoms with E-state index in [0.29, 0.717) is 24.2 Å². The van der Waals surface area contributed by atoms with E-state index in [0.717, 1.165) is 16.4 Å². The van der Waals surface area contributed by atoms with Crippen LogP contribution in [0.3, 0.4) is 0 Å². The fraction of sp³-hybridized carbons (Fsp3) is 0.150. The number of nitrogens with one attached hydrogen (secondary N) is 1. The number of aromatic nitrogens is 4. The Bertz CT molecular complexity index is 1030. The lowest BCUT2D eigenvalue weighted by Gasteiger charge is -2.05. The number of carbonyl (C=O) groups excluding carboxylic acids is 1. The van der Waals surface area contributed by atoms with Gasteiger partial charge in [0.2, 0.25) is 0 Å². The summed E-state index contributed by atoms with van der Waals surface area (Å²) in [7, 11) is 1.95. The molecule has 0 aliphatic carbocycles. The maximum Gasteiger partial charge on any atom is 0.255 e. The Morgan fingerprint density at radius 2 is 2.04 bits per heavy atom. The van der Waals surface area contributed by atoms with Crippen molar-refractivity contribution in [3.8, 4) is 16.3 Å². The second-order valence-electron chi connectivity index (χ2n) is 6.11. The van der Waals surface area contributed by atoms with Crippen LogP contribution < -0.4 is 5.32 Å². The lowest BCUT2D eigenvalue weighted by Crippen LogP contribution is -2.26. The van der Waals surface area contributed by atoms with Crippen molar-refractivity contribution in [3.63, 3.8) is 0 Å². The molecule has 0 bridgehead atoms. The van der Waals surface area contributed by atoms with Crippen molar-refractivity contribution in [2.45, 2.75) is 6.42 Å². The molecule has 0 saturated heterocycles. The molecule has 7 heteroatoms. The fourth-order valence-electron chi connectivity index (χ4n) is 2.87. The van der Waals surface area contributed by atoms with Gasteiger partial charge >= 0.3 is 0 Å². The van der Waals surface area contributed by atoms with Crippen LogP contribution in [0.5, 0.6) is 0 Å². The van der Waals surface area contributed by atoms with Gasteiger partial charge < -0.3 is 9.88 Å². The lowest BCUT2D eigenvalue weighted by molar-refractivity contribution is 0.0954. The van der Waals surface area contributed by atoms with Gasteiger partial charge in [-0.2, -0.15) is 5.10 Å². The molecule has 0 unspecified atom stereocenters. The van der Waals surface area contributed by atoms with Crippen molar-refractivity contribution in [2.75, 3.05) is 6.54 Å². The van der Waals surface area contributed by atoms with Crippen molar-refractivity contribution in [2.24, 2.45) is 7.05 Å². The minimum atomic E-state index is -0.130. The second kappa shape index (κ2) is 7.59. The van der Waals surface area contributed by atoms with Gasteiger partial charge in [0.25, 0.3) is 5.91 Å². The van der Waals surface area contributed by atoms with Crippen molar-refractivity contribution in [1.82, 2.24) is 24.6 Å². The summed E-state index contributed by atoms with van der Waals surface area (Å²) in [5, 5.41) is 9.64. The Morgan fingerprint density at radius 3 is 2.74 bits per heavy atom. The van der Waals surface area contributed by atoms with Gasteiger partial charge in [-0.3, -0.25) is 4.79 Å². The topological polar surface area (TPSA) is 64.7 Å². The summed E-state index contributed by atoms with van der Waals surface area (Å²) in [6, 6.07) is 13.7. The molecular weight excluding hydrogens is 358 g/mol. The van der Waals surface area contributed by atoms with Gasteiger partial charge in [-0.1, -0.05) is 24.3 Å². The number of benzene rings is 1. The van der Waals surface area contributed by atoms with Crippen molar-refractivity contribution in [3.05, 3.63) is 77.8 Å². The van der Waals surface area contributed by atoms with Gasteiger partial charge in [-0.05, 0) is 23.6 Å². The summed E-state index contributed by atoms with van der Waals surface area (Å²) in [6.45, 7) is 0.518. The Balaban J connectivity index is 1.57. The first kappa shape index (κ1) is 17.2. The predicted molar refractivity (Wildman–Crippen MR) is 106 cm³/mol. The van der Waals surface area contributed by atoms with Crippen LogP contribution in [0.25, 0.3) is 16.3 Å². The van der Waals surface area contributed by atoms with Gasteiger partial charge in [0.05, 0.1) is 16.1 Å². The minimum Gasteiger partial charge on any atom is -0.351 e. The first-order chi connectivity index (χ1) is 13.2. The van der Waals surface area contributed by atoms with E-state index in [4.69, 9.17) is 0 Å². The molecule has 0 aliphatic rings. The van der Waals surface area contributed by atoms with Gasteiger partial charge in [-0.15, -0.1) is 11.3 Å². The molecule has 1 aromatic carbocycles. The number of carbonyl (C=O) groups is 1.